The summed E-state index contributed by atoms with van der Waals surface area (Å²) in [6.07, 6.45) is 6.04. The summed E-state index contributed by atoms with van der Waals surface area (Å²) in [5.74, 6) is 1.88. The van der Waals surface area contributed by atoms with E-state index in [2.05, 4.69) is 29.8 Å². The Morgan fingerprint density at radius 2 is 1.78 bits per heavy atom. The highest BCUT2D eigenvalue weighted by molar-refractivity contribution is 9.10. The zero-order valence-corrected chi connectivity index (χ0v) is 15.8. The highest BCUT2D eigenvalue weighted by Crippen LogP contribution is 2.65. The first-order valence-corrected chi connectivity index (χ1v) is 10.2. The lowest BCUT2D eigenvalue weighted by Gasteiger charge is -2.61. The van der Waals surface area contributed by atoms with E-state index >= 15 is 0 Å². The number of halogens is 1. The zero-order chi connectivity index (χ0) is 16.6. The van der Waals surface area contributed by atoms with Crippen LogP contribution >= 0.6 is 15.9 Å². The van der Waals surface area contributed by atoms with Crippen LogP contribution in [0.5, 0.6) is 0 Å². The Hall–Kier alpha value is 0.0700. The second-order valence-corrected chi connectivity index (χ2v) is 10.4. The molecule has 4 rings (SSSR count). The molecule has 0 spiro atoms. The molecule has 0 saturated heterocycles. The number of ketones is 1. The molecule has 0 bridgehead atoms. The molecule has 0 aliphatic heterocycles. The van der Waals surface area contributed by atoms with Crippen LogP contribution in [0, 0.1) is 34.5 Å². The molecule has 130 valence electrons. The molecular weight excluding hydrogens is 356 g/mol. The van der Waals surface area contributed by atoms with Gasteiger partial charge < -0.3 is 10.2 Å². The maximum Gasteiger partial charge on any atom is 0.152 e. The number of aliphatic hydroxyl groups excluding tert-OH is 2. The third-order valence-electron chi connectivity index (χ3n) is 8.35. The molecule has 0 aromatic heterocycles. The average Bonchev–Trinajstić information content (AvgIpc) is 2.73. The summed E-state index contributed by atoms with van der Waals surface area (Å²) in [4.78, 5) is 12.7. The van der Waals surface area contributed by atoms with E-state index in [0.29, 0.717) is 23.5 Å². The molecule has 3 nitrogen and oxygen atoms in total. The molecule has 4 fully saturated rings. The summed E-state index contributed by atoms with van der Waals surface area (Å²) in [5.41, 5.74) is -0.00834. The van der Waals surface area contributed by atoms with Crippen LogP contribution in [-0.4, -0.2) is 33.0 Å². The number of carbonyl (C=O) groups is 1. The molecule has 2 N–H and O–H groups in total. The maximum atomic E-state index is 12.7. The zero-order valence-electron chi connectivity index (χ0n) is 14.2. The van der Waals surface area contributed by atoms with Gasteiger partial charge in [0.2, 0.25) is 0 Å². The van der Waals surface area contributed by atoms with Gasteiger partial charge in [-0.05, 0) is 74.0 Å². The van der Waals surface area contributed by atoms with Gasteiger partial charge >= 0.3 is 0 Å². The minimum absolute atomic E-state index is 0.0258. The minimum atomic E-state index is -0.307. The number of aliphatic hydroxyl groups is 2. The summed E-state index contributed by atoms with van der Waals surface area (Å²) in [6, 6.07) is 0. The fourth-order valence-electron chi connectivity index (χ4n) is 6.95. The van der Waals surface area contributed by atoms with Crippen LogP contribution in [0.1, 0.15) is 58.8 Å². The molecular formula is C19H29BrO3. The van der Waals surface area contributed by atoms with Crippen LogP contribution in [0.2, 0.25) is 0 Å². The number of fused-ring (bicyclic) bond motifs is 5. The smallest absolute Gasteiger partial charge is 0.152 e. The molecule has 0 amide bonds. The highest BCUT2D eigenvalue weighted by Gasteiger charge is 2.64. The molecule has 0 radical (unpaired) electrons. The van der Waals surface area contributed by atoms with Crippen molar-refractivity contribution in [2.75, 3.05) is 0 Å². The molecule has 4 aliphatic carbocycles. The van der Waals surface area contributed by atoms with E-state index < -0.39 is 0 Å². The topological polar surface area (TPSA) is 57.5 Å². The van der Waals surface area contributed by atoms with E-state index in [-0.39, 0.29) is 33.8 Å². The van der Waals surface area contributed by atoms with Gasteiger partial charge in [0.15, 0.2) is 5.78 Å². The first-order valence-electron chi connectivity index (χ1n) is 9.32. The largest absolute Gasteiger partial charge is 0.393 e. The lowest BCUT2D eigenvalue weighted by atomic mass is 9.44. The van der Waals surface area contributed by atoms with Gasteiger partial charge in [0.1, 0.15) is 0 Å². The number of Topliss-reactive ketones (excluding diaryl/α,β-unsaturated/α-hetero) is 1. The third-order valence-corrected chi connectivity index (χ3v) is 9.14. The molecule has 4 unspecified atom stereocenters. The molecule has 4 aliphatic rings. The van der Waals surface area contributed by atoms with E-state index in [1.165, 1.54) is 0 Å². The van der Waals surface area contributed by atoms with E-state index in [0.717, 1.165) is 44.9 Å². The number of hydrogen-bond acceptors (Lipinski definition) is 3. The van der Waals surface area contributed by atoms with Crippen molar-refractivity contribution in [3.8, 4) is 0 Å². The van der Waals surface area contributed by atoms with E-state index in [1.807, 2.05) is 0 Å². The van der Waals surface area contributed by atoms with Crippen LogP contribution in [0.3, 0.4) is 0 Å². The highest BCUT2D eigenvalue weighted by atomic mass is 79.9. The maximum absolute atomic E-state index is 12.7. The first kappa shape index (κ1) is 16.5. The van der Waals surface area contributed by atoms with Crippen LogP contribution < -0.4 is 0 Å². The quantitative estimate of drug-likeness (QED) is 0.629. The summed E-state index contributed by atoms with van der Waals surface area (Å²) in [5, 5.41) is 21.0. The summed E-state index contributed by atoms with van der Waals surface area (Å²) in [7, 11) is 0. The Bertz CT molecular complexity index is 523. The van der Waals surface area contributed by atoms with Crippen LogP contribution in [0.25, 0.3) is 0 Å². The van der Waals surface area contributed by atoms with Crippen molar-refractivity contribution in [2.24, 2.45) is 34.5 Å². The number of carbonyl (C=O) groups excluding carboxylic acids is 1. The van der Waals surface area contributed by atoms with Gasteiger partial charge in [-0.25, -0.2) is 0 Å². The van der Waals surface area contributed by atoms with Crippen LogP contribution in [-0.2, 0) is 4.79 Å². The molecule has 0 aromatic carbocycles. The van der Waals surface area contributed by atoms with Crippen molar-refractivity contribution < 1.29 is 15.0 Å². The Morgan fingerprint density at radius 1 is 1.04 bits per heavy atom. The Morgan fingerprint density at radius 3 is 2.52 bits per heavy atom. The van der Waals surface area contributed by atoms with Gasteiger partial charge in [0.05, 0.1) is 17.0 Å². The first-order chi connectivity index (χ1) is 10.8. The van der Waals surface area contributed by atoms with Gasteiger partial charge in [0, 0.05) is 5.41 Å². The minimum Gasteiger partial charge on any atom is -0.393 e. The molecule has 4 heteroatoms. The SMILES string of the molecule is C[C@]12CC[C@H](O)CC1C[C@H](O)C1C2CC[C@]2(C)C(=O)[C@H](Br)CC12. The monoisotopic (exact) mass is 384 g/mol. The Balaban J connectivity index is 1.69. The van der Waals surface area contributed by atoms with E-state index in [9.17, 15) is 15.0 Å². The van der Waals surface area contributed by atoms with Crippen LogP contribution in [0.4, 0.5) is 0 Å². The van der Waals surface area contributed by atoms with Gasteiger partial charge in [-0.3, -0.25) is 4.79 Å². The predicted molar refractivity (Wildman–Crippen MR) is 92.2 cm³/mol. The average molecular weight is 385 g/mol. The lowest BCUT2D eigenvalue weighted by Crippen LogP contribution is -2.58. The van der Waals surface area contributed by atoms with Crippen LogP contribution in [0.15, 0.2) is 0 Å². The van der Waals surface area contributed by atoms with Gasteiger partial charge in [-0.1, -0.05) is 29.8 Å². The molecule has 9 atom stereocenters. The molecule has 0 aromatic rings. The molecule has 4 saturated carbocycles. The Kier molecular flexibility index (Phi) is 3.80. The Labute approximate surface area is 147 Å². The van der Waals surface area contributed by atoms with Gasteiger partial charge in [-0.2, -0.15) is 0 Å². The summed E-state index contributed by atoms with van der Waals surface area (Å²) >= 11 is 3.59. The normalized spacial score (nSPS) is 59.2. The number of hydrogen-bond donors (Lipinski definition) is 2. The molecule has 0 heterocycles. The predicted octanol–water partition coefficient (Wildman–Crippen LogP) is 3.30. The van der Waals surface area contributed by atoms with Gasteiger partial charge in [0.25, 0.3) is 0 Å². The van der Waals surface area contributed by atoms with Crippen molar-refractivity contribution in [1.82, 2.24) is 0 Å². The second kappa shape index (κ2) is 5.28. The van der Waals surface area contributed by atoms with Crippen molar-refractivity contribution in [1.29, 1.82) is 0 Å². The summed E-state index contributed by atoms with van der Waals surface area (Å²) in [6.45, 7) is 4.54. The third kappa shape index (κ3) is 2.17. The standard InChI is InChI=1S/C19H29BrO3/c1-18-5-3-11(21)7-10(18)8-15(22)16-12(18)4-6-19(2)13(16)9-14(20)17(19)23/h10-16,21-22H,3-9H2,1-2H3/t10?,11-,12?,13?,14+,15-,16?,18-,19-/m0/s1. The van der Waals surface area contributed by atoms with Crippen molar-refractivity contribution >= 4 is 21.7 Å². The van der Waals surface area contributed by atoms with Crippen molar-refractivity contribution in [3.63, 3.8) is 0 Å². The number of alkyl halides is 1. The fourth-order valence-corrected chi connectivity index (χ4v) is 7.88. The van der Waals surface area contributed by atoms with Crippen molar-refractivity contribution in [2.45, 2.75) is 75.8 Å². The lowest BCUT2D eigenvalue weighted by molar-refractivity contribution is -0.171. The number of rotatable bonds is 0. The van der Waals surface area contributed by atoms with E-state index in [1.54, 1.807) is 0 Å². The van der Waals surface area contributed by atoms with Crippen molar-refractivity contribution in [3.05, 3.63) is 0 Å². The second-order valence-electron chi connectivity index (χ2n) is 9.25. The fraction of sp³-hybridized carbons (Fsp3) is 0.947. The summed E-state index contributed by atoms with van der Waals surface area (Å²) < 4.78 is 0. The molecule has 23 heavy (non-hydrogen) atoms. The van der Waals surface area contributed by atoms with Gasteiger partial charge in [-0.15, -0.1) is 0 Å². The van der Waals surface area contributed by atoms with E-state index in [4.69, 9.17) is 0 Å².